The molecule has 2 aliphatic heterocycles. The van der Waals surface area contributed by atoms with E-state index in [1.54, 1.807) is 35.2 Å². The van der Waals surface area contributed by atoms with E-state index < -0.39 is 16.1 Å². The minimum absolute atomic E-state index is 0.0201. The Kier molecular flexibility index (Phi) is 9.83. The van der Waals surface area contributed by atoms with Gasteiger partial charge >= 0.3 is 0 Å². The number of rotatable bonds is 9. The summed E-state index contributed by atoms with van der Waals surface area (Å²) in [5.41, 5.74) is 1.25. The highest BCUT2D eigenvalue weighted by Gasteiger charge is 2.37. The zero-order valence-electron chi connectivity index (χ0n) is 21.4. The van der Waals surface area contributed by atoms with Crippen molar-refractivity contribution in [3.8, 4) is 11.5 Å². The summed E-state index contributed by atoms with van der Waals surface area (Å²) in [5.74, 6) is 0.208. The second kappa shape index (κ2) is 13.3. The van der Waals surface area contributed by atoms with E-state index in [9.17, 15) is 24.5 Å². The number of nitrogens with zero attached hydrogens (tertiary/aromatic N) is 3. The number of benzene rings is 2. The van der Waals surface area contributed by atoms with Crippen LogP contribution < -0.4 is 9.47 Å². The second-order valence-corrected chi connectivity index (χ2v) is 11.2. The van der Waals surface area contributed by atoms with E-state index >= 15 is 0 Å². The molecule has 0 N–H and O–H groups in total. The number of nitro benzene ring substituents is 1. The molecule has 0 unspecified atom stereocenters. The number of halogens is 1. The van der Waals surface area contributed by atoms with Gasteiger partial charge in [-0.15, -0.1) is 0 Å². The van der Waals surface area contributed by atoms with Gasteiger partial charge in [-0.05, 0) is 83.5 Å². The molecule has 2 saturated heterocycles. The summed E-state index contributed by atoms with van der Waals surface area (Å²) < 4.78 is 12.5. The smallest absolute Gasteiger partial charge is 0.294 e. The number of non-ortho nitro benzene ring substituents is 1. The van der Waals surface area contributed by atoms with Crippen molar-refractivity contribution in [3.05, 3.63) is 66.1 Å². The van der Waals surface area contributed by atoms with E-state index in [0.717, 1.165) is 42.3 Å². The third-order valence-corrected chi connectivity index (χ3v) is 7.97. The Bertz CT molecular complexity index is 1310. The minimum Gasteiger partial charge on any atom is -0.490 e. The molecule has 2 aromatic rings. The number of carbonyl (C=O) groups is 3. The predicted octanol–water partition coefficient (Wildman–Crippen LogP) is 5.62. The van der Waals surface area contributed by atoms with Crippen LogP contribution in [0.1, 0.15) is 43.7 Å². The lowest BCUT2D eigenvalue weighted by atomic mass is 10.1. The first-order valence-electron chi connectivity index (χ1n) is 12.6. The van der Waals surface area contributed by atoms with E-state index in [2.05, 4.69) is 22.6 Å². The van der Waals surface area contributed by atoms with Crippen LogP contribution in [0.2, 0.25) is 0 Å². The number of imide groups is 1. The fourth-order valence-electron chi connectivity index (χ4n) is 4.33. The van der Waals surface area contributed by atoms with Gasteiger partial charge in [0.25, 0.3) is 16.8 Å². The third kappa shape index (κ3) is 7.29. The Morgan fingerprint density at radius 1 is 1.13 bits per heavy atom. The van der Waals surface area contributed by atoms with Crippen molar-refractivity contribution in [3.63, 3.8) is 0 Å². The van der Waals surface area contributed by atoms with Crippen LogP contribution in [0, 0.1) is 13.7 Å². The first-order chi connectivity index (χ1) is 18.8. The second-order valence-electron chi connectivity index (χ2n) is 9.04. The molecule has 4 rings (SSSR count). The maximum atomic E-state index is 13.0. The number of nitro groups is 1. The molecular formula is C27H28IN3O7S. The lowest BCUT2D eigenvalue weighted by Gasteiger charge is -2.22. The molecule has 0 saturated carbocycles. The van der Waals surface area contributed by atoms with Crippen LogP contribution in [0.5, 0.6) is 11.5 Å². The highest BCUT2D eigenvalue weighted by atomic mass is 127. The molecule has 0 atom stereocenters. The predicted molar refractivity (Wildman–Crippen MR) is 155 cm³/mol. The van der Waals surface area contributed by atoms with Crippen LogP contribution in [-0.4, -0.2) is 58.0 Å². The average Bonchev–Trinajstić information content (AvgIpc) is 3.09. The highest BCUT2D eigenvalue weighted by Crippen LogP contribution is 2.38. The van der Waals surface area contributed by atoms with Gasteiger partial charge in [0.1, 0.15) is 13.2 Å². The molecule has 12 heteroatoms. The van der Waals surface area contributed by atoms with Gasteiger partial charge in [0.2, 0.25) is 5.91 Å². The summed E-state index contributed by atoms with van der Waals surface area (Å²) in [6.07, 6.45) is 5.62. The Morgan fingerprint density at radius 2 is 1.87 bits per heavy atom. The van der Waals surface area contributed by atoms with Crippen molar-refractivity contribution in [1.82, 2.24) is 9.80 Å². The molecular weight excluding hydrogens is 637 g/mol. The number of likely N-dealkylation sites (tertiary alicyclic amines) is 1. The van der Waals surface area contributed by atoms with Crippen LogP contribution in [0.3, 0.4) is 0 Å². The molecule has 39 heavy (non-hydrogen) atoms. The first-order valence-corrected chi connectivity index (χ1v) is 14.5. The van der Waals surface area contributed by atoms with Gasteiger partial charge in [0.15, 0.2) is 11.5 Å². The summed E-state index contributed by atoms with van der Waals surface area (Å²) >= 11 is 2.90. The van der Waals surface area contributed by atoms with Crippen molar-refractivity contribution in [2.24, 2.45) is 0 Å². The van der Waals surface area contributed by atoms with Crippen molar-refractivity contribution >= 4 is 63.2 Å². The maximum Gasteiger partial charge on any atom is 0.294 e. The number of carbonyl (C=O) groups excluding carboxylic acids is 3. The SMILES string of the molecule is CCOc1cc(C=C2SC(=O)N(CC(=O)N3CCCCCC3)C2=O)cc(I)c1OCc1cccc([N+](=O)[O-])c1. The van der Waals surface area contributed by atoms with E-state index in [4.69, 9.17) is 9.47 Å². The molecule has 2 heterocycles. The zero-order chi connectivity index (χ0) is 27.9. The summed E-state index contributed by atoms with van der Waals surface area (Å²) in [5, 5.41) is 10.6. The Balaban J connectivity index is 1.50. The Hall–Kier alpha value is -3.13. The van der Waals surface area contributed by atoms with Crippen LogP contribution in [0.15, 0.2) is 41.3 Å². The van der Waals surface area contributed by atoms with Gasteiger partial charge in [-0.1, -0.05) is 25.0 Å². The molecule has 3 amide bonds. The number of thioether (sulfide) groups is 1. The summed E-state index contributed by atoms with van der Waals surface area (Å²) in [6.45, 7) is 3.34. The molecule has 0 bridgehead atoms. The zero-order valence-corrected chi connectivity index (χ0v) is 24.4. The minimum atomic E-state index is -0.493. The van der Waals surface area contributed by atoms with E-state index in [1.165, 1.54) is 12.1 Å². The van der Waals surface area contributed by atoms with Gasteiger partial charge in [0.05, 0.1) is 20.0 Å². The normalized spacial score (nSPS) is 16.9. The largest absolute Gasteiger partial charge is 0.490 e. The number of hydrogen-bond donors (Lipinski definition) is 0. The van der Waals surface area contributed by atoms with E-state index in [0.29, 0.717) is 45.9 Å². The van der Waals surface area contributed by atoms with Crippen LogP contribution in [-0.2, 0) is 16.2 Å². The van der Waals surface area contributed by atoms with Crippen molar-refractivity contribution in [1.29, 1.82) is 0 Å². The first kappa shape index (κ1) is 28.9. The lowest BCUT2D eigenvalue weighted by Crippen LogP contribution is -2.42. The quantitative estimate of drug-likeness (QED) is 0.147. The monoisotopic (exact) mass is 665 g/mol. The van der Waals surface area contributed by atoms with Gasteiger partial charge in [-0.3, -0.25) is 29.4 Å². The van der Waals surface area contributed by atoms with Crippen molar-refractivity contribution in [2.75, 3.05) is 26.2 Å². The molecule has 0 aromatic heterocycles. The summed E-state index contributed by atoms with van der Waals surface area (Å²) in [4.78, 5) is 52.0. The molecule has 0 radical (unpaired) electrons. The maximum absolute atomic E-state index is 13.0. The molecule has 2 fully saturated rings. The molecule has 2 aromatic carbocycles. The lowest BCUT2D eigenvalue weighted by molar-refractivity contribution is -0.384. The fraction of sp³-hybridized carbons (Fsp3) is 0.370. The van der Waals surface area contributed by atoms with Gasteiger partial charge in [-0.2, -0.15) is 0 Å². The van der Waals surface area contributed by atoms with Crippen LogP contribution >= 0.6 is 34.4 Å². The topological polar surface area (TPSA) is 119 Å². The number of hydrogen-bond acceptors (Lipinski definition) is 8. The van der Waals surface area contributed by atoms with Gasteiger partial charge in [0, 0.05) is 25.2 Å². The molecule has 0 spiro atoms. The van der Waals surface area contributed by atoms with Crippen molar-refractivity contribution < 1.29 is 28.8 Å². The Morgan fingerprint density at radius 3 is 2.56 bits per heavy atom. The highest BCUT2D eigenvalue weighted by molar-refractivity contribution is 14.1. The number of amides is 3. The van der Waals surface area contributed by atoms with Crippen molar-refractivity contribution in [2.45, 2.75) is 39.2 Å². The molecule has 206 valence electrons. The summed E-state index contributed by atoms with van der Waals surface area (Å²) in [6, 6.07) is 9.72. The van der Waals surface area contributed by atoms with Crippen LogP contribution in [0.25, 0.3) is 6.08 Å². The van der Waals surface area contributed by atoms with Gasteiger partial charge < -0.3 is 14.4 Å². The molecule has 10 nitrogen and oxygen atoms in total. The molecule has 2 aliphatic rings. The Labute approximate surface area is 244 Å². The summed E-state index contributed by atoms with van der Waals surface area (Å²) in [7, 11) is 0. The average molecular weight is 666 g/mol. The molecule has 0 aliphatic carbocycles. The standard InChI is InChI=1S/C27H28IN3O7S/c1-2-37-22-14-19(13-21(28)25(22)38-17-18-8-7-9-20(12-18)31(35)36)15-23-26(33)30(27(34)39-23)16-24(32)29-10-5-3-4-6-11-29/h7-9,12-15H,2-6,10-11,16-17H2,1H3. The van der Waals surface area contributed by atoms with Crippen LogP contribution in [0.4, 0.5) is 10.5 Å². The van der Waals surface area contributed by atoms with Gasteiger partial charge in [-0.25, -0.2) is 0 Å². The van der Waals surface area contributed by atoms with E-state index in [-0.39, 0.29) is 29.7 Å². The fourth-order valence-corrected chi connectivity index (χ4v) is 5.95. The third-order valence-electron chi connectivity index (χ3n) is 6.26. The van der Waals surface area contributed by atoms with E-state index in [1.807, 2.05) is 6.92 Å². The number of ether oxygens (including phenoxy) is 2.